The second kappa shape index (κ2) is 6.36. The van der Waals surface area contributed by atoms with Crippen LogP contribution >= 0.6 is 15.9 Å². The summed E-state index contributed by atoms with van der Waals surface area (Å²) in [6, 6.07) is 2.85. The molecule has 0 radical (unpaired) electrons. The van der Waals surface area contributed by atoms with Gasteiger partial charge in [-0.15, -0.1) is 0 Å². The van der Waals surface area contributed by atoms with Gasteiger partial charge in [-0.05, 0) is 40.4 Å². The van der Waals surface area contributed by atoms with Gasteiger partial charge in [-0.3, -0.25) is 4.98 Å². The van der Waals surface area contributed by atoms with E-state index in [2.05, 4.69) is 32.3 Å². The lowest BCUT2D eigenvalue weighted by Gasteiger charge is -2.16. The van der Waals surface area contributed by atoms with Crippen LogP contribution in [0.2, 0.25) is 0 Å². The summed E-state index contributed by atoms with van der Waals surface area (Å²) in [5.74, 6) is 0. The molecule has 0 aliphatic heterocycles. The fourth-order valence-corrected chi connectivity index (χ4v) is 2.71. The van der Waals surface area contributed by atoms with E-state index in [1.165, 1.54) is 44.1 Å². The second-order valence-corrected chi connectivity index (χ2v) is 5.50. The van der Waals surface area contributed by atoms with Gasteiger partial charge in [0.15, 0.2) is 0 Å². The van der Waals surface area contributed by atoms with Crippen LogP contribution in [-0.2, 0) is 6.54 Å². The lowest BCUT2D eigenvalue weighted by Crippen LogP contribution is -2.27. The van der Waals surface area contributed by atoms with Crippen LogP contribution in [0, 0.1) is 0 Å². The van der Waals surface area contributed by atoms with Gasteiger partial charge < -0.3 is 5.32 Å². The molecule has 1 aliphatic carbocycles. The van der Waals surface area contributed by atoms with Crippen LogP contribution < -0.4 is 5.32 Å². The van der Waals surface area contributed by atoms with E-state index in [1.807, 2.05) is 12.4 Å². The molecule has 0 spiro atoms. The Bertz CT molecular complexity index is 319. The molecule has 1 fully saturated rings. The lowest BCUT2D eigenvalue weighted by atomic mass is 10.1. The molecule has 1 N–H and O–H groups in total. The van der Waals surface area contributed by atoms with Crippen LogP contribution in [0.15, 0.2) is 22.9 Å². The summed E-state index contributed by atoms with van der Waals surface area (Å²) in [5, 5.41) is 3.64. The van der Waals surface area contributed by atoms with Crippen molar-refractivity contribution in [2.24, 2.45) is 0 Å². The smallest absolute Gasteiger partial charge is 0.0410 e. The van der Waals surface area contributed by atoms with Gasteiger partial charge in [-0.25, -0.2) is 0 Å². The van der Waals surface area contributed by atoms with Gasteiger partial charge in [0.1, 0.15) is 0 Å². The Balaban J connectivity index is 1.81. The topological polar surface area (TPSA) is 24.9 Å². The Kier molecular flexibility index (Phi) is 4.79. The van der Waals surface area contributed by atoms with Crippen molar-refractivity contribution in [3.63, 3.8) is 0 Å². The zero-order valence-electron chi connectivity index (χ0n) is 9.58. The number of pyridine rings is 1. The number of hydrogen-bond donors (Lipinski definition) is 1. The first-order valence-electron chi connectivity index (χ1n) is 6.17. The number of nitrogens with one attached hydrogen (secondary N) is 1. The van der Waals surface area contributed by atoms with Crippen molar-refractivity contribution in [3.8, 4) is 0 Å². The largest absolute Gasteiger partial charge is 0.310 e. The number of nitrogens with zero attached hydrogens (tertiary/aromatic N) is 1. The van der Waals surface area contributed by atoms with Gasteiger partial charge in [-0.1, -0.05) is 25.7 Å². The van der Waals surface area contributed by atoms with E-state index in [-0.39, 0.29) is 0 Å². The van der Waals surface area contributed by atoms with Crippen LogP contribution in [0.25, 0.3) is 0 Å². The summed E-state index contributed by atoms with van der Waals surface area (Å²) in [4.78, 5) is 4.18. The first-order chi connectivity index (χ1) is 7.84. The molecule has 1 aromatic heterocycles. The van der Waals surface area contributed by atoms with Gasteiger partial charge >= 0.3 is 0 Å². The minimum atomic E-state index is 0.710. The molecule has 1 saturated carbocycles. The molecule has 1 aromatic rings. The number of hydrogen-bond acceptors (Lipinski definition) is 2. The third-order valence-corrected chi connectivity index (χ3v) is 3.65. The highest BCUT2D eigenvalue weighted by Crippen LogP contribution is 2.18. The van der Waals surface area contributed by atoms with E-state index in [0.29, 0.717) is 6.04 Å². The fourth-order valence-electron chi connectivity index (χ4n) is 2.30. The van der Waals surface area contributed by atoms with Crippen molar-refractivity contribution in [2.45, 2.75) is 51.1 Å². The average Bonchev–Trinajstić information content (AvgIpc) is 2.55. The van der Waals surface area contributed by atoms with Crippen molar-refractivity contribution in [2.75, 3.05) is 0 Å². The van der Waals surface area contributed by atoms with Crippen LogP contribution in [-0.4, -0.2) is 11.0 Å². The second-order valence-electron chi connectivity index (χ2n) is 4.58. The highest BCUT2D eigenvalue weighted by atomic mass is 79.9. The predicted octanol–water partition coefficient (Wildman–Crippen LogP) is 3.66. The SMILES string of the molecule is Brc1cncc(CNC2CCCCCC2)c1. The summed E-state index contributed by atoms with van der Waals surface area (Å²) in [6.07, 6.45) is 12.0. The van der Waals surface area contributed by atoms with E-state index < -0.39 is 0 Å². The van der Waals surface area contributed by atoms with Crippen molar-refractivity contribution in [3.05, 3.63) is 28.5 Å². The summed E-state index contributed by atoms with van der Waals surface area (Å²) in [7, 11) is 0. The summed E-state index contributed by atoms with van der Waals surface area (Å²) in [6.45, 7) is 0.942. The maximum absolute atomic E-state index is 4.18. The molecule has 0 unspecified atom stereocenters. The van der Waals surface area contributed by atoms with Gasteiger partial charge in [0.25, 0.3) is 0 Å². The number of halogens is 1. The third-order valence-electron chi connectivity index (χ3n) is 3.21. The minimum Gasteiger partial charge on any atom is -0.310 e. The maximum atomic E-state index is 4.18. The standard InChI is InChI=1S/C13H19BrN2/c14-12-7-11(8-15-10-12)9-16-13-5-3-1-2-4-6-13/h7-8,10,13,16H,1-6,9H2. The van der Waals surface area contributed by atoms with Crippen LogP contribution in [0.4, 0.5) is 0 Å². The molecular formula is C13H19BrN2. The van der Waals surface area contributed by atoms with E-state index in [4.69, 9.17) is 0 Å². The summed E-state index contributed by atoms with van der Waals surface area (Å²) in [5.41, 5.74) is 1.26. The van der Waals surface area contributed by atoms with Crippen molar-refractivity contribution >= 4 is 15.9 Å². The molecule has 1 aliphatic rings. The van der Waals surface area contributed by atoms with Crippen molar-refractivity contribution in [1.29, 1.82) is 0 Å². The van der Waals surface area contributed by atoms with Crippen LogP contribution in [0.1, 0.15) is 44.1 Å². The Morgan fingerprint density at radius 3 is 2.62 bits per heavy atom. The van der Waals surface area contributed by atoms with Crippen LogP contribution in [0.5, 0.6) is 0 Å². The zero-order chi connectivity index (χ0) is 11.2. The van der Waals surface area contributed by atoms with E-state index in [1.54, 1.807) is 0 Å². The molecule has 1 heterocycles. The normalized spacial score (nSPS) is 18.3. The van der Waals surface area contributed by atoms with Gasteiger partial charge in [0.2, 0.25) is 0 Å². The first kappa shape index (κ1) is 12.1. The Hall–Kier alpha value is -0.410. The molecule has 0 atom stereocenters. The van der Waals surface area contributed by atoms with Crippen molar-refractivity contribution in [1.82, 2.24) is 10.3 Å². The minimum absolute atomic E-state index is 0.710. The molecule has 2 rings (SSSR count). The fraction of sp³-hybridized carbons (Fsp3) is 0.615. The number of rotatable bonds is 3. The first-order valence-corrected chi connectivity index (χ1v) is 6.97. The molecule has 2 nitrogen and oxygen atoms in total. The zero-order valence-corrected chi connectivity index (χ0v) is 11.2. The molecule has 0 bridgehead atoms. The molecule has 88 valence electrons. The molecule has 0 saturated heterocycles. The van der Waals surface area contributed by atoms with E-state index in [0.717, 1.165) is 11.0 Å². The average molecular weight is 283 g/mol. The predicted molar refractivity (Wildman–Crippen MR) is 70.3 cm³/mol. The monoisotopic (exact) mass is 282 g/mol. The molecule has 16 heavy (non-hydrogen) atoms. The molecule has 3 heteroatoms. The highest BCUT2D eigenvalue weighted by molar-refractivity contribution is 9.10. The van der Waals surface area contributed by atoms with E-state index >= 15 is 0 Å². The lowest BCUT2D eigenvalue weighted by molar-refractivity contribution is 0.459. The Morgan fingerprint density at radius 2 is 1.94 bits per heavy atom. The van der Waals surface area contributed by atoms with E-state index in [9.17, 15) is 0 Å². The molecular weight excluding hydrogens is 264 g/mol. The number of aromatic nitrogens is 1. The Labute approximate surface area is 106 Å². The highest BCUT2D eigenvalue weighted by Gasteiger charge is 2.11. The third kappa shape index (κ3) is 3.87. The van der Waals surface area contributed by atoms with Crippen molar-refractivity contribution < 1.29 is 0 Å². The quantitative estimate of drug-likeness (QED) is 0.856. The van der Waals surface area contributed by atoms with Gasteiger partial charge in [0, 0.05) is 29.5 Å². The molecule has 0 aromatic carbocycles. The Morgan fingerprint density at radius 1 is 1.19 bits per heavy atom. The maximum Gasteiger partial charge on any atom is 0.0410 e. The summed E-state index contributed by atoms with van der Waals surface area (Å²) >= 11 is 3.45. The summed E-state index contributed by atoms with van der Waals surface area (Å²) < 4.78 is 1.06. The molecule has 0 amide bonds. The van der Waals surface area contributed by atoms with Gasteiger partial charge in [-0.2, -0.15) is 0 Å². The van der Waals surface area contributed by atoms with Crippen LogP contribution in [0.3, 0.4) is 0 Å². The van der Waals surface area contributed by atoms with Gasteiger partial charge in [0.05, 0.1) is 0 Å².